The second-order valence-electron chi connectivity index (χ2n) is 3.78. The van der Waals surface area contributed by atoms with E-state index in [4.69, 9.17) is 10.7 Å². The fourth-order valence-corrected chi connectivity index (χ4v) is 2.89. The molecule has 0 fully saturated rings. The smallest absolute Gasteiger partial charge is 0.227 e. The third-order valence-corrected chi connectivity index (χ3v) is 5.60. The minimum absolute atomic E-state index is 0.241. The van der Waals surface area contributed by atoms with E-state index >= 15 is 0 Å². The van der Waals surface area contributed by atoms with Gasteiger partial charge < -0.3 is 0 Å². The average Bonchev–Trinajstić information content (AvgIpc) is 2.15. The summed E-state index contributed by atoms with van der Waals surface area (Å²) in [5.41, 5.74) is 0. The van der Waals surface area contributed by atoms with Crippen LogP contribution < -0.4 is 0 Å². The van der Waals surface area contributed by atoms with Gasteiger partial charge in [0.2, 0.25) is 14.8 Å². The summed E-state index contributed by atoms with van der Waals surface area (Å²) in [7, 11) is -3.00. The van der Waals surface area contributed by atoms with Crippen LogP contribution in [0.3, 0.4) is 0 Å². The fraction of sp³-hybridized carbons (Fsp3) is 0.333. The second kappa shape index (κ2) is 4.22. The summed E-state index contributed by atoms with van der Waals surface area (Å²) in [6.45, 7) is 1.82. The normalized spacial score (nSPS) is 13.6. The molecule has 0 saturated heterocycles. The van der Waals surface area contributed by atoms with E-state index in [1.165, 1.54) is 0 Å². The molecule has 4 nitrogen and oxygen atoms in total. The van der Waals surface area contributed by atoms with E-state index in [1.54, 1.807) is 0 Å². The number of halogens is 2. The highest BCUT2D eigenvalue weighted by Crippen LogP contribution is 2.27. The summed E-state index contributed by atoms with van der Waals surface area (Å²) in [4.78, 5) is -0.538. The molecule has 0 N–H and O–H groups in total. The van der Waals surface area contributed by atoms with Crippen LogP contribution in [-0.2, 0) is 18.9 Å². The van der Waals surface area contributed by atoms with E-state index in [9.17, 15) is 21.2 Å². The number of alkyl halides is 1. The Labute approximate surface area is 104 Å². The highest BCUT2D eigenvalue weighted by Gasteiger charge is 2.35. The van der Waals surface area contributed by atoms with Crippen molar-refractivity contribution >= 4 is 29.6 Å². The van der Waals surface area contributed by atoms with Gasteiger partial charge in [-0.2, -0.15) is 0 Å². The molecule has 1 rings (SSSR count). The molecule has 0 aliphatic carbocycles. The van der Waals surface area contributed by atoms with Gasteiger partial charge in [-0.05, 0) is 38.1 Å². The van der Waals surface area contributed by atoms with Crippen LogP contribution in [0.25, 0.3) is 0 Å². The second-order valence-corrected chi connectivity index (χ2v) is 8.79. The Hall–Kier alpha value is -0.660. The van der Waals surface area contributed by atoms with Crippen LogP contribution >= 0.6 is 10.7 Å². The average molecular weight is 301 g/mol. The maximum absolute atomic E-state index is 13.5. The number of hydrogen-bond acceptors (Lipinski definition) is 4. The van der Waals surface area contributed by atoms with Crippen LogP contribution in [-0.4, -0.2) is 21.8 Å². The maximum Gasteiger partial charge on any atom is 0.261 e. The molecule has 0 heterocycles. The van der Waals surface area contributed by atoms with Crippen molar-refractivity contribution in [3.8, 4) is 0 Å². The van der Waals surface area contributed by atoms with E-state index in [0.717, 1.165) is 38.1 Å². The summed E-state index contributed by atoms with van der Waals surface area (Å²) < 4.78 is 58.6. The van der Waals surface area contributed by atoms with Gasteiger partial charge in [-0.1, -0.05) is 0 Å². The summed E-state index contributed by atoms with van der Waals surface area (Å²) in [5.74, 6) is 0. The zero-order chi connectivity index (χ0) is 13.5. The first-order valence-corrected chi connectivity index (χ1v) is 8.24. The van der Waals surface area contributed by atoms with Gasteiger partial charge in [0.25, 0.3) is 9.05 Å². The van der Waals surface area contributed by atoms with Crippen LogP contribution in [0.1, 0.15) is 13.8 Å². The van der Waals surface area contributed by atoms with Crippen LogP contribution in [0.5, 0.6) is 0 Å². The highest BCUT2D eigenvalue weighted by atomic mass is 35.7. The molecule has 0 atom stereocenters. The topological polar surface area (TPSA) is 68.3 Å². The molecule has 0 aliphatic rings. The first kappa shape index (κ1) is 14.4. The zero-order valence-electron chi connectivity index (χ0n) is 9.01. The Kier molecular flexibility index (Phi) is 3.58. The third-order valence-electron chi connectivity index (χ3n) is 2.05. The molecule has 0 aromatic heterocycles. The molecule has 0 aliphatic heterocycles. The van der Waals surface area contributed by atoms with Gasteiger partial charge >= 0.3 is 0 Å². The van der Waals surface area contributed by atoms with Crippen molar-refractivity contribution in [3.63, 3.8) is 0 Å². The van der Waals surface area contributed by atoms with Crippen molar-refractivity contribution in [2.45, 2.75) is 28.6 Å². The van der Waals surface area contributed by atoms with E-state index in [-0.39, 0.29) is 9.79 Å². The van der Waals surface area contributed by atoms with Crippen LogP contribution in [0, 0.1) is 0 Å². The lowest BCUT2D eigenvalue weighted by Gasteiger charge is -2.15. The van der Waals surface area contributed by atoms with Gasteiger partial charge in [0.15, 0.2) is 0 Å². The molecular formula is C9H10ClFO4S2. The summed E-state index contributed by atoms with van der Waals surface area (Å²) in [6.07, 6.45) is 0. The molecule has 0 bridgehead atoms. The van der Waals surface area contributed by atoms with Crippen molar-refractivity contribution < 1.29 is 21.2 Å². The van der Waals surface area contributed by atoms with Gasteiger partial charge in [-0.3, -0.25) is 0 Å². The monoisotopic (exact) mass is 300 g/mol. The lowest BCUT2D eigenvalue weighted by atomic mass is 10.4. The Balaban J connectivity index is 3.31. The lowest BCUT2D eigenvalue weighted by Crippen LogP contribution is -2.26. The van der Waals surface area contributed by atoms with Crippen molar-refractivity contribution in [1.82, 2.24) is 0 Å². The van der Waals surface area contributed by atoms with E-state index < -0.39 is 23.9 Å². The fourth-order valence-electron chi connectivity index (χ4n) is 1.06. The summed E-state index contributed by atoms with van der Waals surface area (Å²) in [5, 5.41) is -2.44. The summed E-state index contributed by atoms with van der Waals surface area (Å²) in [6, 6.07) is 4.04. The third kappa shape index (κ3) is 2.97. The predicted molar refractivity (Wildman–Crippen MR) is 61.9 cm³/mol. The number of benzene rings is 1. The first-order chi connectivity index (χ1) is 7.46. The molecule has 1 aromatic carbocycles. The standard InChI is InChI=1S/C9H10ClFO4S2/c1-9(2,11)16(12,13)7-3-5-8(6-4-7)17(10,14)15/h3-6H,1-2H3. The van der Waals surface area contributed by atoms with Crippen molar-refractivity contribution in [3.05, 3.63) is 24.3 Å². The Morgan fingerprint density at radius 2 is 1.35 bits per heavy atom. The van der Waals surface area contributed by atoms with Crippen LogP contribution in [0.15, 0.2) is 34.1 Å². The molecular weight excluding hydrogens is 291 g/mol. The molecule has 0 radical (unpaired) electrons. The molecule has 0 saturated carbocycles. The molecule has 8 heteroatoms. The van der Waals surface area contributed by atoms with Gasteiger partial charge in [0.05, 0.1) is 9.79 Å². The minimum atomic E-state index is -4.14. The predicted octanol–water partition coefficient (Wildman–Crippen LogP) is 2.09. The van der Waals surface area contributed by atoms with Gasteiger partial charge in [-0.25, -0.2) is 21.2 Å². The van der Waals surface area contributed by atoms with Crippen LogP contribution in [0.2, 0.25) is 0 Å². The van der Waals surface area contributed by atoms with E-state index in [2.05, 4.69) is 0 Å². The van der Waals surface area contributed by atoms with Gasteiger partial charge in [0, 0.05) is 10.7 Å². The van der Waals surface area contributed by atoms with Gasteiger partial charge in [-0.15, -0.1) is 0 Å². The molecule has 96 valence electrons. The SMILES string of the molecule is CC(C)(F)S(=O)(=O)c1ccc(S(=O)(=O)Cl)cc1. The molecule has 17 heavy (non-hydrogen) atoms. The van der Waals surface area contributed by atoms with E-state index in [1.807, 2.05) is 0 Å². The van der Waals surface area contributed by atoms with Crippen molar-refractivity contribution in [2.75, 3.05) is 0 Å². The maximum atomic E-state index is 13.5. The highest BCUT2D eigenvalue weighted by molar-refractivity contribution is 8.13. The Morgan fingerprint density at radius 1 is 1.00 bits per heavy atom. The quantitative estimate of drug-likeness (QED) is 0.802. The van der Waals surface area contributed by atoms with Crippen LogP contribution in [0.4, 0.5) is 4.39 Å². The number of rotatable bonds is 3. The number of hydrogen-bond donors (Lipinski definition) is 0. The van der Waals surface area contributed by atoms with Crippen molar-refractivity contribution in [2.24, 2.45) is 0 Å². The van der Waals surface area contributed by atoms with E-state index in [0.29, 0.717) is 0 Å². The Bertz CT molecular complexity index is 612. The zero-order valence-corrected chi connectivity index (χ0v) is 11.4. The lowest BCUT2D eigenvalue weighted by molar-refractivity contribution is 0.319. The number of sulfone groups is 1. The Morgan fingerprint density at radius 3 is 1.65 bits per heavy atom. The molecule has 0 spiro atoms. The largest absolute Gasteiger partial charge is 0.261 e. The molecule has 0 unspecified atom stereocenters. The van der Waals surface area contributed by atoms with Crippen molar-refractivity contribution in [1.29, 1.82) is 0 Å². The summed E-state index contributed by atoms with van der Waals surface area (Å²) >= 11 is 0. The minimum Gasteiger partial charge on any atom is -0.227 e. The first-order valence-electron chi connectivity index (χ1n) is 4.44. The van der Waals surface area contributed by atoms with Gasteiger partial charge in [0.1, 0.15) is 0 Å². The molecule has 1 aromatic rings. The molecule has 0 amide bonds.